The van der Waals surface area contributed by atoms with E-state index in [4.69, 9.17) is 4.74 Å². The van der Waals surface area contributed by atoms with Gasteiger partial charge in [-0.15, -0.1) is 0 Å². The molecule has 184 valence electrons. The zero-order chi connectivity index (χ0) is 25.3. The van der Waals surface area contributed by atoms with E-state index in [1.807, 2.05) is 31.2 Å². The third-order valence-electron chi connectivity index (χ3n) is 6.28. The molecule has 0 radical (unpaired) electrons. The molecule has 1 N–H and O–H groups in total. The van der Waals surface area contributed by atoms with Gasteiger partial charge in [-0.25, -0.2) is 8.42 Å². The van der Waals surface area contributed by atoms with Crippen molar-refractivity contribution in [3.05, 3.63) is 94.5 Å². The van der Waals surface area contributed by atoms with Gasteiger partial charge in [0.2, 0.25) is 5.91 Å². The highest BCUT2D eigenvalue weighted by Gasteiger charge is 2.28. The number of nitrogens with zero attached hydrogens (tertiary/aromatic N) is 1. The van der Waals surface area contributed by atoms with E-state index in [0.717, 1.165) is 27.0 Å². The van der Waals surface area contributed by atoms with Crippen LogP contribution in [0.4, 0.5) is 11.4 Å². The average Bonchev–Trinajstić information content (AvgIpc) is 3.30. The van der Waals surface area contributed by atoms with Gasteiger partial charge in [0.1, 0.15) is 12.3 Å². The van der Waals surface area contributed by atoms with E-state index < -0.39 is 15.9 Å². The number of carbonyl (C=O) groups is 1. The Morgan fingerprint density at radius 3 is 2.33 bits per heavy atom. The number of amides is 1. The molecular weight excluding hydrogens is 540 g/mol. The number of halogens is 1. The number of carbonyl (C=O) groups excluding carboxylic acids is 1. The molecule has 1 aliphatic carbocycles. The number of benzene rings is 4. The molecule has 36 heavy (non-hydrogen) atoms. The second kappa shape index (κ2) is 9.95. The van der Waals surface area contributed by atoms with E-state index in [2.05, 4.69) is 27.3 Å². The summed E-state index contributed by atoms with van der Waals surface area (Å²) >= 11 is 3.34. The van der Waals surface area contributed by atoms with Crippen molar-refractivity contribution in [2.75, 3.05) is 22.8 Å². The van der Waals surface area contributed by atoms with Gasteiger partial charge >= 0.3 is 0 Å². The van der Waals surface area contributed by atoms with Crippen LogP contribution in [0.5, 0.6) is 5.75 Å². The average molecular weight is 565 g/mol. The molecule has 0 aliphatic heterocycles. The molecule has 0 heterocycles. The molecule has 0 saturated heterocycles. The topological polar surface area (TPSA) is 75.7 Å². The Labute approximate surface area is 219 Å². The van der Waals surface area contributed by atoms with Crippen molar-refractivity contribution in [2.24, 2.45) is 0 Å². The number of aryl methyl sites for hydroxylation is 2. The van der Waals surface area contributed by atoms with Crippen LogP contribution in [0.15, 0.2) is 88.2 Å². The summed E-state index contributed by atoms with van der Waals surface area (Å²) in [5.74, 6) is 0.197. The van der Waals surface area contributed by atoms with Crippen LogP contribution in [0.1, 0.15) is 18.1 Å². The summed E-state index contributed by atoms with van der Waals surface area (Å²) in [5, 5.41) is 5.11. The van der Waals surface area contributed by atoms with Crippen molar-refractivity contribution in [3.63, 3.8) is 0 Å². The lowest BCUT2D eigenvalue weighted by molar-refractivity contribution is -0.114. The summed E-state index contributed by atoms with van der Waals surface area (Å²) in [5.41, 5.74) is 3.59. The molecule has 1 aliphatic rings. The van der Waals surface area contributed by atoms with Gasteiger partial charge in [0.15, 0.2) is 0 Å². The number of rotatable bonds is 8. The van der Waals surface area contributed by atoms with Gasteiger partial charge in [0, 0.05) is 15.5 Å². The Hall–Kier alpha value is -3.36. The van der Waals surface area contributed by atoms with Crippen LogP contribution in [-0.2, 0) is 27.7 Å². The van der Waals surface area contributed by atoms with E-state index in [1.165, 1.54) is 28.6 Å². The molecule has 0 aromatic heterocycles. The van der Waals surface area contributed by atoms with E-state index in [1.54, 1.807) is 36.4 Å². The Balaban J connectivity index is 1.48. The van der Waals surface area contributed by atoms with Gasteiger partial charge in [-0.1, -0.05) is 40.2 Å². The predicted octanol–water partition coefficient (Wildman–Crippen LogP) is 5.93. The highest BCUT2D eigenvalue weighted by molar-refractivity contribution is 9.10. The SMILES string of the molecule is CCOc1ccc(N(CC(=O)Nc2ccc3c4c(cccc24)CC3)S(=O)(=O)c2ccc(Br)cc2)cc1. The molecule has 0 unspecified atom stereocenters. The second-order valence-corrected chi connectivity index (χ2v) is 11.3. The second-order valence-electron chi connectivity index (χ2n) is 8.55. The van der Waals surface area contributed by atoms with E-state index in [0.29, 0.717) is 23.7 Å². The maximum absolute atomic E-state index is 13.7. The standard InChI is InChI=1S/C28H25BrN2O4S/c1-2-35-23-13-11-22(12-14-23)31(36(33,34)24-15-9-21(29)10-16-24)18-27(32)30-26-17-8-20-7-6-19-4-3-5-25(26)28(19)20/h3-5,8-17H,2,6-7,18H2,1H3,(H,30,32). The van der Waals surface area contributed by atoms with E-state index in [-0.39, 0.29) is 11.4 Å². The molecule has 0 saturated carbocycles. The molecular formula is C28H25BrN2O4S. The zero-order valence-electron chi connectivity index (χ0n) is 19.7. The van der Waals surface area contributed by atoms with E-state index in [9.17, 15) is 13.2 Å². The fraction of sp³-hybridized carbons (Fsp3) is 0.179. The number of hydrogen-bond acceptors (Lipinski definition) is 4. The number of sulfonamides is 1. The summed E-state index contributed by atoms with van der Waals surface area (Å²) in [6.45, 7) is 2.00. The third-order valence-corrected chi connectivity index (χ3v) is 8.59. The maximum atomic E-state index is 13.7. The fourth-order valence-corrected chi connectivity index (χ4v) is 6.29. The predicted molar refractivity (Wildman–Crippen MR) is 146 cm³/mol. The highest BCUT2D eigenvalue weighted by Crippen LogP contribution is 2.35. The van der Waals surface area contributed by atoms with Crippen molar-refractivity contribution >= 4 is 54.0 Å². The van der Waals surface area contributed by atoms with Crippen LogP contribution < -0.4 is 14.4 Å². The fourth-order valence-electron chi connectivity index (χ4n) is 4.60. The summed E-state index contributed by atoms with van der Waals surface area (Å²) in [6.07, 6.45) is 1.97. The van der Waals surface area contributed by atoms with Crippen LogP contribution in [0.25, 0.3) is 10.8 Å². The summed E-state index contributed by atoms with van der Waals surface area (Å²) < 4.78 is 34.7. The quantitative estimate of drug-likeness (QED) is 0.287. The minimum Gasteiger partial charge on any atom is -0.494 e. The minimum absolute atomic E-state index is 0.0951. The lowest BCUT2D eigenvalue weighted by atomic mass is 10.0. The number of nitrogens with one attached hydrogen (secondary N) is 1. The normalized spacial score (nSPS) is 12.5. The van der Waals surface area contributed by atoms with Crippen LogP contribution >= 0.6 is 15.9 Å². The van der Waals surface area contributed by atoms with Crippen LogP contribution in [0, 0.1) is 0 Å². The summed E-state index contributed by atoms with van der Waals surface area (Å²) in [7, 11) is -4.02. The number of ether oxygens (including phenoxy) is 1. The molecule has 0 fully saturated rings. The monoisotopic (exact) mass is 564 g/mol. The third kappa shape index (κ3) is 4.70. The molecule has 1 amide bonds. The smallest absolute Gasteiger partial charge is 0.264 e. The van der Waals surface area contributed by atoms with Crippen molar-refractivity contribution < 1.29 is 17.9 Å². The maximum Gasteiger partial charge on any atom is 0.264 e. The number of anilines is 2. The lowest BCUT2D eigenvalue weighted by Gasteiger charge is -2.24. The van der Waals surface area contributed by atoms with E-state index >= 15 is 0 Å². The van der Waals surface area contributed by atoms with Gasteiger partial charge in [0.25, 0.3) is 10.0 Å². The van der Waals surface area contributed by atoms with Gasteiger partial charge in [0.05, 0.1) is 17.2 Å². The van der Waals surface area contributed by atoms with Crippen molar-refractivity contribution in [2.45, 2.75) is 24.7 Å². The lowest BCUT2D eigenvalue weighted by Crippen LogP contribution is -2.38. The van der Waals surface area contributed by atoms with Crippen LogP contribution in [-0.4, -0.2) is 27.5 Å². The van der Waals surface area contributed by atoms with Crippen molar-refractivity contribution in [1.82, 2.24) is 0 Å². The van der Waals surface area contributed by atoms with Gasteiger partial charge in [-0.05, 0) is 90.9 Å². The summed E-state index contributed by atoms with van der Waals surface area (Å²) in [4.78, 5) is 13.4. The molecule has 4 aromatic rings. The van der Waals surface area contributed by atoms with Crippen molar-refractivity contribution in [3.8, 4) is 5.75 Å². The molecule has 0 atom stereocenters. The van der Waals surface area contributed by atoms with Gasteiger partial charge in [-0.3, -0.25) is 9.10 Å². The van der Waals surface area contributed by atoms with Crippen LogP contribution in [0.3, 0.4) is 0 Å². The molecule has 6 nitrogen and oxygen atoms in total. The first kappa shape index (κ1) is 24.3. The van der Waals surface area contributed by atoms with Crippen molar-refractivity contribution in [1.29, 1.82) is 0 Å². The largest absolute Gasteiger partial charge is 0.494 e. The first-order valence-electron chi connectivity index (χ1n) is 11.7. The van der Waals surface area contributed by atoms with Gasteiger partial charge < -0.3 is 10.1 Å². The first-order valence-corrected chi connectivity index (χ1v) is 13.9. The first-order chi connectivity index (χ1) is 17.4. The Kier molecular flexibility index (Phi) is 6.73. The molecule has 0 spiro atoms. The van der Waals surface area contributed by atoms with Crippen LogP contribution in [0.2, 0.25) is 0 Å². The summed E-state index contributed by atoms with van der Waals surface area (Å²) in [6, 6.07) is 23.1. The Morgan fingerprint density at radius 2 is 1.64 bits per heavy atom. The minimum atomic E-state index is -4.02. The Morgan fingerprint density at radius 1 is 0.944 bits per heavy atom. The molecule has 5 rings (SSSR count). The van der Waals surface area contributed by atoms with Gasteiger partial charge in [-0.2, -0.15) is 0 Å². The molecule has 8 heteroatoms. The number of hydrogen-bond donors (Lipinski definition) is 1. The zero-order valence-corrected chi connectivity index (χ0v) is 22.1. The molecule has 4 aromatic carbocycles. The highest BCUT2D eigenvalue weighted by atomic mass is 79.9. The Bertz CT molecular complexity index is 1520. The molecule has 0 bridgehead atoms.